The standard InChI is InChI=1S/C9H6F2O3S2/c10-5-1-2-6(11)7(3-5)14-9(15)16-4-8(12)13/h1-3H,4H2,(H,12,13). The summed E-state index contributed by atoms with van der Waals surface area (Å²) in [5.74, 6) is -3.16. The number of thioether (sulfide) groups is 1. The second-order valence-electron chi connectivity index (χ2n) is 2.61. The van der Waals surface area contributed by atoms with E-state index in [9.17, 15) is 13.6 Å². The van der Waals surface area contributed by atoms with E-state index in [0.29, 0.717) is 11.8 Å². The Hall–Kier alpha value is -1.21. The average molecular weight is 264 g/mol. The lowest BCUT2D eigenvalue weighted by molar-refractivity contribution is -0.133. The van der Waals surface area contributed by atoms with Crippen LogP contribution < -0.4 is 4.74 Å². The smallest absolute Gasteiger partial charge is 0.313 e. The van der Waals surface area contributed by atoms with Crippen LogP contribution >= 0.6 is 24.0 Å². The summed E-state index contributed by atoms with van der Waals surface area (Å²) in [6, 6.07) is 2.67. The van der Waals surface area contributed by atoms with Crippen LogP contribution in [-0.4, -0.2) is 21.2 Å². The summed E-state index contributed by atoms with van der Waals surface area (Å²) in [5, 5.41) is 8.36. The molecule has 3 nitrogen and oxygen atoms in total. The van der Waals surface area contributed by atoms with Crippen LogP contribution in [0.4, 0.5) is 8.78 Å². The number of benzene rings is 1. The third-order valence-electron chi connectivity index (χ3n) is 1.40. The van der Waals surface area contributed by atoms with E-state index in [1.54, 1.807) is 0 Å². The molecule has 0 amide bonds. The minimum atomic E-state index is -1.07. The number of ether oxygens (including phenoxy) is 1. The molecule has 0 heterocycles. The molecule has 16 heavy (non-hydrogen) atoms. The van der Waals surface area contributed by atoms with Gasteiger partial charge in [0.2, 0.25) is 4.38 Å². The summed E-state index contributed by atoms with van der Waals surface area (Å²) in [6.07, 6.45) is 0. The van der Waals surface area contributed by atoms with Crippen molar-refractivity contribution >= 4 is 34.3 Å². The molecule has 0 saturated heterocycles. The Labute approximate surface area is 99.4 Å². The molecular formula is C9H6F2O3S2. The summed E-state index contributed by atoms with van der Waals surface area (Å²) in [5.41, 5.74) is 0. The zero-order valence-electron chi connectivity index (χ0n) is 7.78. The quantitative estimate of drug-likeness (QED) is 0.850. The van der Waals surface area contributed by atoms with Gasteiger partial charge in [-0.1, -0.05) is 11.8 Å². The molecular weight excluding hydrogens is 258 g/mol. The van der Waals surface area contributed by atoms with Crippen LogP contribution in [0.2, 0.25) is 0 Å². The predicted octanol–water partition coefficient (Wildman–Crippen LogP) is 2.45. The van der Waals surface area contributed by atoms with Crippen molar-refractivity contribution in [3.05, 3.63) is 29.8 Å². The third-order valence-corrected chi connectivity index (χ3v) is 2.55. The van der Waals surface area contributed by atoms with Gasteiger partial charge in [-0.2, -0.15) is 0 Å². The Morgan fingerprint density at radius 1 is 1.50 bits per heavy atom. The number of carboxylic acids is 1. The van der Waals surface area contributed by atoms with Gasteiger partial charge >= 0.3 is 5.97 Å². The molecule has 0 unspecified atom stereocenters. The first-order chi connectivity index (χ1) is 7.49. The number of carbonyl (C=O) groups is 1. The molecule has 0 aromatic heterocycles. The van der Waals surface area contributed by atoms with Gasteiger partial charge in [0.05, 0.1) is 5.75 Å². The highest BCUT2D eigenvalue weighted by atomic mass is 32.2. The molecule has 0 aliphatic heterocycles. The van der Waals surface area contributed by atoms with Crippen molar-refractivity contribution in [1.29, 1.82) is 0 Å². The minimum absolute atomic E-state index is 0.174. The van der Waals surface area contributed by atoms with Crippen LogP contribution in [0.5, 0.6) is 5.75 Å². The van der Waals surface area contributed by atoms with Crippen LogP contribution in [0.25, 0.3) is 0 Å². The first-order valence-corrected chi connectivity index (χ1v) is 5.40. The fraction of sp³-hybridized carbons (Fsp3) is 0.111. The van der Waals surface area contributed by atoms with Gasteiger partial charge in [0.15, 0.2) is 11.6 Å². The lowest BCUT2D eigenvalue weighted by Gasteiger charge is -2.06. The van der Waals surface area contributed by atoms with Gasteiger partial charge in [-0.05, 0) is 24.4 Å². The normalized spacial score (nSPS) is 9.88. The van der Waals surface area contributed by atoms with E-state index in [2.05, 4.69) is 12.2 Å². The molecule has 0 radical (unpaired) electrons. The Morgan fingerprint density at radius 2 is 2.19 bits per heavy atom. The summed E-state index contributed by atoms with van der Waals surface area (Å²) in [7, 11) is 0. The molecule has 1 aromatic carbocycles. The first kappa shape index (κ1) is 12.9. The van der Waals surface area contributed by atoms with Crippen molar-refractivity contribution in [1.82, 2.24) is 0 Å². The molecule has 0 saturated carbocycles. The van der Waals surface area contributed by atoms with Crippen molar-refractivity contribution in [2.24, 2.45) is 0 Å². The Kier molecular flexibility index (Phi) is 4.63. The van der Waals surface area contributed by atoms with E-state index in [4.69, 9.17) is 9.84 Å². The maximum absolute atomic E-state index is 13.1. The van der Waals surface area contributed by atoms with E-state index in [1.807, 2.05) is 0 Å². The molecule has 0 fully saturated rings. The number of hydrogen-bond donors (Lipinski definition) is 1. The van der Waals surface area contributed by atoms with Crippen LogP contribution in [0, 0.1) is 11.6 Å². The maximum atomic E-state index is 13.1. The van der Waals surface area contributed by atoms with Crippen LogP contribution in [-0.2, 0) is 4.79 Å². The summed E-state index contributed by atoms with van der Waals surface area (Å²) >= 11 is 5.36. The summed E-state index contributed by atoms with van der Waals surface area (Å²) in [4.78, 5) is 10.2. The van der Waals surface area contributed by atoms with E-state index < -0.39 is 17.6 Å². The molecule has 0 atom stereocenters. The fourth-order valence-electron chi connectivity index (χ4n) is 0.795. The second kappa shape index (κ2) is 5.76. The number of rotatable bonds is 3. The Morgan fingerprint density at radius 3 is 2.81 bits per heavy atom. The molecule has 0 bridgehead atoms. The predicted molar refractivity (Wildman–Crippen MR) is 59.7 cm³/mol. The number of carboxylic acid groups (broad SMARTS) is 1. The zero-order chi connectivity index (χ0) is 12.1. The monoisotopic (exact) mass is 264 g/mol. The van der Waals surface area contributed by atoms with Crippen molar-refractivity contribution in [2.45, 2.75) is 0 Å². The molecule has 7 heteroatoms. The van der Waals surface area contributed by atoms with Gasteiger partial charge in [-0.15, -0.1) is 0 Å². The van der Waals surface area contributed by atoms with Gasteiger partial charge in [-0.3, -0.25) is 4.79 Å². The van der Waals surface area contributed by atoms with E-state index in [0.717, 1.165) is 18.2 Å². The summed E-state index contributed by atoms with van der Waals surface area (Å²) < 4.78 is 30.4. The molecule has 1 N–H and O–H groups in total. The highest BCUT2D eigenvalue weighted by Crippen LogP contribution is 2.20. The molecule has 0 spiro atoms. The van der Waals surface area contributed by atoms with Gasteiger partial charge in [0, 0.05) is 6.07 Å². The minimum Gasteiger partial charge on any atom is -0.481 e. The second-order valence-corrected chi connectivity index (χ2v) is 4.19. The highest BCUT2D eigenvalue weighted by Gasteiger charge is 2.09. The fourth-order valence-corrected chi connectivity index (χ4v) is 1.45. The topological polar surface area (TPSA) is 46.5 Å². The van der Waals surface area contributed by atoms with Gasteiger partial charge in [0.25, 0.3) is 0 Å². The van der Waals surface area contributed by atoms with Crippen LogP contribution in [0.1, 0.15) is 0 Å². The molecule has 0 aliphatic carbocycles. The van der Waals surface area contributed by atoms with Gasteiger partial charge in [0.1, 0.15) is 5.82 Å². The highest BCUT2D eigenvalue weighted by molar-refractivity contribution is 8.23. The van der Waals surface area contributed by atoms with Crippen molar-refractivity contribution in [3.8, 4) is 5.75 Å². The number of thiocarbonyl (C=S) groups is 1. The van der Waals surface area contributed by atoms with Crippen molar-refractivity contribution < 1.29 is 23.4 Å². The van der Waals surface area contributed by atoms with E-state index in [1.165, 1.54) is 0 Å². The first-order valence-electron chi connectivity index (χ1n) is 4.00. The van der Waals surface area contributed by atoms with E-state index in [-0.39, 0.29) is 15.9 Å². The number of halogens is 2. The molecule has 1 rings (SSSR count). The van der Waals surface area contributed by atoms with Gasteiger partial charge < -0.3 is 9.84 Å². The zero-order valence-corrected chi connectivity index (χ0v) is 9.41. The average Bonchev–Trinajstić information content (AvgIpc) is 2.20. The van der Waals surface area contributed by atoms with Crippen LogP contribution in [0.3, 0.4) is 0 Å². The lowest BCUT2D eigenvalue weighted by atomic mass is 10.3. The third kappa shape index (κ3) is 4.11. The van der Waals surface area contributed by atoms with Crippen LogP contribution in [0.15, 0.2) is 18.2 Å². The SMILES string of the molecule is O=C(O)CSC(=S)Oc1cc(F)ccc1F. The maximum Gasteiger partial charge on any atom is 0.313 e. The molecule has 1 aromatic rings. The van der Waals surface area contributed by atoms with Crippen molar-refractivity contribution in [2.75, 3.05) is 5.75 Å². The Balaban J connectivity index is 2.62. The molecule has 86 valence electrons. The molecule has 0 aliphatic rings. The van der Waals surface area contributed by atoms with Crippen molar-refractivity contribution in [3.63, 3.8) is 0 Å². The van der Waals surface area contributed by atoms with E-state index >= 15 is 0 Å². The van der Waals surface area contributed by atoms with Gasteiger partial charge in [-0.25, -0.2) is 8.78 Å². The number of hydrogen-bond acceptors (Lipinski definition) is 4. The number of aliphatic carboxylic acids is 1. The summed E-state index contributed by atoms with van der Waals surface area (Å²) in [6.45, 7) is 0. The Bertz CT molecular complexity index is 423. The largest absolute Gasteiger partial charge is 0.481 e. The lowest BCUT2D eigenvalue weighted by Crippen LogP contribution is -2.07.